The average Bonchev–Trinajstić information content (AvgIpc) is 2.84. The zero-order valence-electron chi connectivity index (χ0n) is 18.7. The van der Waals surface area contributed by atoms with Crippen molar-refractivity contribution in [3.63, 3.8) is 0 Å². The van der Waals surface area contributed by atoms with E-state index in [4.69, 9.17) is 9.84 Å². The maximum Gasteiger partial charge on any atom is 0.303 e. The topological polar surface area (TPSA) is 105 Å². The van der Waals surface area contributed by atoms with E-state index in [2.05, 4.69) is 10.6 Å². The lowest BCUT2D eigenvalue weighted by atomic mass is 10.1. The molecule has 0 aliphatic rings. The molecule has 0 aliphatic heterocycles. The smallest absolute Gasteiger partial charge is 0.303 e. The molecule has 0 saturated carbocycles. The summed E-state index contributed by atoms with van der Waals surface area (Å²) in [6.45, 7) is 2.38. The van der Waals surface area contributed by atoms with Crippen LogP contribution in [0.15, 0.2) is 83.8 Å². The number of carbonyl (C=O) groups is 3. The van der Waals surface area contributed by atoms with Gasteiger partial charge in [0.25, 0.3) is 0 Å². The lowest BCUT2D eigenvalue weighted by Gasteiger charge is -2.18. The molecule has 34 heavy (non-hydrogen) atoms. The highest BCUT2D eigenvalue weighted by molar-refractivity contribution is 8.00. The molecule has 176 valence electrons. The van der Waals surface area contributed by atoms with Crippen molar-refractivity contribution in [3.05, 3.63) is 84.4 Å². The number of para-hydroxylation sites is 2. The van der Waals surface area contributed by atoms with E-state index >= 15 is 0 Å². The van der Waals surface area contributed by atoms with Gasteiger partial charge in [0.15, 0.2) is 0 Å². The molecule has 2 amide bonds. The Morgan fingerprint density at radius 1 is 0.882 bits per heavy atom. The summed E-state index contributed by atoms with van der Waals surface area (Å²) in [7, 11) is 0. The molecule has 0 aliphatic carbocycles. The molecule has 1 unspecified atom stereocenters. The van der Waals surface area contributed by atoms with Crippen molar-refractivity contribution in [2.75, 3.05) is 17.2 Å². The first-order chi connectivity index (χ1) is 16.5. The van der Waals surface area contributed by atoms with E-state index in [1.165, 1.54) is 11.8 Å². The maximum atomic E-state index is 13.3. The van der Waals surface area contributed by atoms with Gasteiger partial charge in [0.05, 0.1) is 18.7 Å². The van der Waals surface area contributed by atoms with Crippen LogP contribution in [0.4, 0.5) is 11.4 Å². The second-order valence-electron chi connectivity index (χ2n) is 7.29. The fraction of sp³-hybridized carbons (Fsp3) is 0.192. The average molecular weight is 479 g/mol. The number of nitrogens with one attached hydrogen (secondary N) is 2. The van der Waals surface area contributed by atoms with Crippen molar-refractivity contribution in [1.29, 1.82) is 0 Å². The summed E-state index contributed by atoms with van der Waals surface area (Å²) >= 11 is 1.39. The molecule has 0 aromatic heterocycles. The van der Waals surface area contributed by atoms with Crippen molar-refractivity contribution >= 4 is 40.9 Å². The molecule has 1 atom stereocenters. The molecule has 0 spiro atoms. The van der Waals surface area contributed by atoms with Gasteiger partial charge in [-0.05, 0) is 48.9 Å². The summed E-state index contributed by atoms with van der Waals surface area (Å²) in [5.41, 5.74) is 2.02. The number of carbonyl (C=O) groups excluding carboxylic acids is 2. The number of amides is 2. The number of rotatable bonds is 11. The van der Waals surface area contributed by atoms with Gasteiger partial charge >= 0.3 is 5.97 Å². The highest BCUT2D eigenvalue weighted by Crippen LogP contribution is 2.37. The number of aliphatic carboxylic acids is 1. The molecule has 3 N–H and O–H groups in total. The van der Waals surface area contributed by atoms with Crippen molar-refractivity contribution < 1.29 is 24.2 Å². The Kier molecular flexibility index (Phi) is 9.11. The first-order valence-corrected chi connectivity index (χ1v) is 11.7. The third-order valence-electron chi connectivity index (χ3n) is 4.74. The van der Waals surface area contributed by atoms with E-state index in [9.17, 15) is 14.4 Å². The molecule has 7 nitrogen and oxygen atoms in total. The van der Waals surface area contributed by atoms with Gasteiger partial charge in [-0.3, -0.25) is 14.4 Å². The van der Waals surface area contributed by atoms with Crippen LogP contribution in [0.25, 0.3) is 0 Å². The quantitative estimate of drug-likeness (QED) is 0.321. The molecular formula is C26H26N2O5S. The van der Waals surface area contributed by atoms with E-state index in [0.717, 1.165) is 10.5 Å². The number of ether oxygens (including phenoxy) is 1. The molecule has 0 saturated heterocycles. The Hall–Kier alpha value is -3.78. The van der Waals surface area contributed by atoms with Gasteiger partial charge < -0.3 is 20.5 Å². The second kappa shape index (κ2) is 12.5. The summed E-state index contributed by atoms with van der Waals surface area (Å²) in [4.78, 5) is 36.6. The lowest BCUT2D eigenvalue weighted by molar-refractivity contribution is -0.138. The lowest BCUT2D eigenvalue weighted by Crippen LogP contribution is -2.19. The molecule has 3 aromatic carbocycles. The van der Waals surface area contributed by atoms with E-state index in [1.54, 1.807) is 18.2 Å². The molecule has 3 rings (SSSR count). The summed E-state index contributed by atoms with van der Waals surface area (Å²) in [6.07, 6.45) is -0.314. The Bertz CT molecular complexity index is 1120. The van der Waals surface area contributed by atoms with Crippen molar-refractivity contribution in [1.82, 2.24) is 0 Å². The third kappa shape index (κ3) is 7.38. The van der Waals surface area contributed by atoms with Crippen LogP contribution in [0, 0.1) is 0 Å². The third-order valence-corrected chi connectivity index (χ3v) is 6.01. The molecule has 0 bridgehead atoms. The SMILES string of the molecule is CCOc1ccccc1NC(=O)C(Sc1ccc(NC(=O)CCC(=O)O)cc1)c1ccccc1. The van der Waals surface area contributed by atoms with Crippen molar-refractivity contribution in [2.45, 2.75) is 29.9 Å². The molecular weight excluding hydrogens is 452 g/mol. The highest BCUT2D eigenvalue weighted by atomic mass is 32.2. The zero-order chi connectivity index (χ0) is 24.3. The summed E-state index contributed by atoms with van der Waals surface area (Å²) < 4.78 is 5.63. The molecule has 0 heterocycles. The van der Waals surface area contributed by atoms with Crippen LogP contribution in [-0.2, 0) is 14.4 Å². The molecule has 0 radical (unpaired) electrons. The van der Waals surface area contributed by atoms with E-state index in [1.807, 2.05) is 67.6 Å². The summed E-state index contributed by atoms with van der Waals surface area (Å²) in [6, 6.07) is 23.9. The maximum absolute atomic E-state index is 13.3. The molecule has 0 fully saturated rings. The minimum absolute atomic E-state index is 0.0920. The summed E-state index contributed by atoms with van der Waals surface area (Å²) in [5.74, 6) is -0.958. The van der Waals surface area contributed by atoms with Gasteiger partial charge in [0.2, 0.25) is 11.8 Å². The second-order valence-corrected chi connectivity index (χ2v) is 8.47. The van der Waals surface area contributed by atoms with Gasteiger partial charge in [-0.25, -0.2) is 0 Å². The number of thioether (sulfide) groups is 1. The van der Waals surface area contributed by atoms with Gasteiger partial charge in [0.1, 0.15) is 11.0 Å². The van der Waals surface area contributed by atoms with E-state index in [-0.39, 0.29) is 24.7 Å². The predicted molar refractivity (Wildman–Crippen MR) is 133 cm³/mol. The first kappa shape index (κ1) is 24.9. The van der Waals surface area contributed by atoms with Gasteiger partial charge in [-0.15, -0.1) is 11.8 Å². The van der Waals surface area contributed by atoms with Crippen LogP contribution in [-0.4, -0.2) is 29.5 Å². The first-order valence-electron chi connectivity index (χ1n) is 10.8. The van der Waals surface area contributed by atoms with E-state index in [0.29, 0.717) is 23.7 Å². The van der Waals surface area contributed by atoms with Crippen LogP contribution < -0.4 is 15.4 Å². The number of anilines is 2. The Morgan fingerprint density at radius 3 is 2.24 bits per heavy atom. The van der Waals surface area contributed by atoms with Crippen molar-refractivity contribution in [3.8, 4) is 5.75 Å². The fourth-order valence-corrected chi connectivity index (χ4v) is 4.17. The van der Waals surface area contributed by atoms with Crippen LogP contribution in [0.3, 0.4) is 0 Å². The van der Waals surface area contributed by atoms with Gasteiger partial charge in [-0.2, -0.15) is 0 Å². The summed E-state index contributed by atoms with van der Waals surface area (Å²) in [5, 5.41) is 13.8. The standard InChI is InChI=1S/C26H26N2O5S/c1-2-33-22-11-7-6-10-21(22)28-26(32)25(18-8-4-3-5-9-18)34-20-14-12-19(13-15-20)27-23(29)16-17-24(30)31/h3-15,25H,2,16-17H2,1H3,(H,27,29)(H,28,32)(H,30,31). The minimum Gasteiger partial charge on any atom is -0.492 e. The number of carboxylic acid groups (broad SMARTS) is 1. The van der Waals surface area contributed by atoms with Crippen LogP contribution >= 0.6 is 11.8 Å². The largest absolute Gasteiger partial charge is 0.492 e. The van der Waals surface area contributed by atoms with E-state index < -0.39 is 11.2 Å². The Labute approximate surface area is 202 Å². The van der Waals surface area contributed by atoms with Crippen molar-refractivity contribution in [2.24, 2.45) is 0 Å². The number of hydrogen-bond acceptors (Lipinski definition) is 5. The van der Waals surface area contributed by atoms with Crippen LogP contribution in [0.5, 0.6) is 5.75 Å². The monoisotopic (exact) mass is 478 g/mol. The number of carboxylic acids is 1. The minimum atomic E-state index is -1.02. The normalized spacial score (nSPS) is 11.3. The Balaban J connectivity index is 1.74. The fourth-order valence-electron chi connectivity index (χ4n) is 3.15. The molecule has 3 aromatic rings. The van der Waals surface area contributed by atoms with Crippen LogP contribution in [0.1, 0.15) is 30.6 Å². The highest BCUT2D eigenvalue weighted by Gasteiger charge is 2.23. The zero-order valence-corrected chi connectivity index (χ0v) is 19.5. The number of hydrogen-bond donors (Lipinski definition) is 3. The Morgan fingerprint density at radius 2 is 1.56 bits per heavy atom. The number of benzene rings is 3. The molecule has 8 heteroatoms. The predicted octanol–water partition coefficient (Wildman–Crippen LogP) is 5.36. The van der Waals surface area contributed by atoms with Crippen LogP contribution in [0.2, 0.25) is 0 Å². The van der Waals surface area contributed by atoms with Gasteiger partial charge in [0, 0.05) is 17.0 Å². The van der Waals surface area contributed by atoms with Gasteiger partial charge in [-0.1, -0.05) is 42.5 Å².